The number of nitrogens with one attached hydrogen (secondary N) is 1. The number of halogens is 2. The summed E-state index contributed by atoms with van der Waals surface area (Å²) in [6, 6.07) is 3.01. The van der Waals surface area contributed by atoms with Crippen molar-refractivity contribution in [1.82, 2.24) is 15.3 Å². The molecule has 2 heterocycles. The maximum Gasteiger partial charge on any atom is 0.254 e. The number of pyridine rings is 1. The van der Waals surface area contributed by atoms with Crippen LogP contribution in [0.15, 0.2) is 16.5 Å². The van der Waals surface area contributed by atoms with Crippen LogP contribution in [0.25, 0.3) is 0 Å². The summed E-state index contributed by atoms with van der Waals surface area (Å²) < 4.78 is 5.35. The Morgan fingerprint density at radius 2 is 2.05 bits per heavy atom. The van der Waals surface area contributed by atoms with Crippen molar-refractivity contribution in [3.05, 3.63) is 45.3 Å². The van der Waals surface area contributed by atoms with Gasteiger partial charge < -0.3 is 9.73 Å². The molecule has 0 bridgehead atoms. The molecule has 0 aromatic carbocycles. The largest absolute Gasteiger partial charge is 0.444 e. The third-order valence-corrected chi connectivity index (χ3v) is 3.03. The zero-order valence-electron chi connectivity index (χ0n) is 10.3. The third-order valence-electron chi connectivity index (χ3n) is 2.53. The number of amides is 1. The fraction of sp³-hybridized carbons (Fsp3) is 0.250. The summed E-state index contributed by atoms with van der Waals surface area (Å²) in [7, 11) is 0. The SMILES string of the molecule is Cc1nc(CNC(=O)c2ccc(Cl)nc2Cl)oc1C. The number of rotatable bonds is 3. The van der Waals surface area contributed by atoms with Crippen LogP contribution in [0, 0.1) is 13.8 Å². The first kappa shape index (κ1) is 13.8. The second kappa shape index (κ2) is 5.59. The summed E-state index contributed by atoms with van der Waals surface area (Å²) in [5.74, 6) is 0.819. The van der Waals surface area contributed by atoms with E-state index in [1.54, 1.807) is 0 Å². The lowest BCUT2D eigenvalue weighted by Crippen LogP contribution is -2.23. The number of hydrogen-bond donors (Lipinski definition) is 1. The average molecular weight is 300 g/mol. The molecule has 7 heteroatoms. The van der Waals surface area contributed by atoms with Crippen molar-refractivity contribution >= 4 is 29.1 Å². The fourth-order valence-electron chi connectivity index (χ4n) is 1.45. The van der Waals surface area contributed by atoms with Gasteiger partial charge in [0.15, 0.2) is 0 Å². The van der Waals surface area contributed by atoms with E-state index in [4.69, 9.17) is 27.6 Å². The van der Waals surface area contributed by atoms with Crippen LogP contribution in [-0.2, 0) is 6.54 Å². The molecule has 2 aromatic heterocycles. The lowest BCUT2D eigenvalue weighted by molar-refractivity contribution is 0.0947. The monoisotopic (exact) mass is 299 g/mol. The van der Waals surface area contributed by atoms with Crippen molar-refractivity contribution in [2.24, 2.45) is 0 Å². The number of carbonyl (C=O) groups excluding carboxylic acids is 1. The highest BCUT2D eigenvalue weighted by molar-refractivity contribution is 6.34. The molecule has 1 N–H and O–H groups in total. The topological polar surface area (TPSA) is 68.0 Å². The number of carbonyl (C=O) groups is 1. The Kier molecular flexibility index (Phi) is 4.07. The molecule has 100 valence electrons. The summed E-state index contributed by atoms with van der Waals surface area (Å²) in [5, 5.41) is 2.95. The zero-order chi connectivity index (χ0) is 14.0. The van der Waals surface area contributed by atoms with E-state index in [1.807, 2.05) is 13.8 Å². The molecule has 0 aliphatic rings. The van der Waals surface area contributed by atoms with Crippen molar-refractivity contribution in [2.75, 3.05) is 0 Å². The zero-order valence-corrected chi connectivity index (χ0v) is 11.8. The predicted molar refractivity (Wildman–Crippen MR) is 71.4 cm³/mol. The summed E-state index contributed by atoms with van der Waals surface area (Å²) in [4.78, 5) is 19.9. The lowest BCUT2D eigenvalue weighted by atomic mass is 10.2. The second-order valence-electron chi connectivity index (χ2n) is 3.90. The molecule has 19 heavy (non-hydrogen) atoms. The Morgan fingerprint density at radius 1 is 1.32 bits per heavy atom. The van der Waals surface area contributed by atoms with E-state index in [1.165, 1.54) is 12.1 Å². The van der Waals surface area contributed by atoms with E-state index in [-0.39, 0.29) is 28.3 Å². The third kappa shape index (κ3) is 3.24. The van der Waals surface area contributed by atoms with Gasteiger partial charge in [-0.05, 0) is 26.0 Å². The Hall–Kier alpha value is -1.59. The normalized spacial score (nSPS) is 10.5. The van der Waals surface area contributed by atoms with E-state index < -0.39 is 0 Å². The highest BCUT2D eigenvalue weighted by Gasteiger charge is 2.13. The standard InChI is InChI=1S/C12H11Cl2N3O2/c1-6-7(2)19-10(16-6)5-15-12(18)8-3-4-9(13)17-11(8)14/h3-4H,5H2,1-2H3,(H,15,18). The summed E-state index contributed by atoms with van der Waals surface area (Å²) in [6.07, 6.45) is 0. The molecule has 0 aliphatic carbocycles. The summed E-state index contributed by atoms with van der Waals surface area (Å²) in [6.45, 7) is 3.84. The van der Waals surface area contributed by atoms with Gasteiger partial charge in [0, 0.05) is 0 Å². The first-order valence-electron chi connectivity index (χ1n) is 5.50. The maximum atomic E-state index is 11.9. The predicted octanol–water partition coefficient (Wildman–Crippen LogP) is 2.92. The molecule has 0 unspecified atom stereocenters. The minimum Gasteiger partial charge on any atom is -0.444 e. The molecule has 2 rings (SSSR count). The van der Waals surface area contributed by atoms with Crippen molar-refractivity contribution in [2.45, 2.75) is 20.4 Å². The number of nitrogens with zero attached hydrogens (tertiary/aromatic N) is 2. The van der Waals surface area contributed by atoms with Gasteiger partial charge in [0.05, 0.1) is 17.8 Å². The summed E-state index contributed by atoms with van der Waals surface area (Å²) >= 11 is 11.5. The first-order chi connectivity index (χ1) is 8.97. The van der Waals surface area contributed by atoms with Gasteiger partial charge in [-0.25, -0.2) is 9.97 Å². The molecule has 2 aromatic rings. The number of hydrogen-bond acceptors (Lipinski definition) is 4. The van der Waals surface area contributed by atoms with Crippen molar-refractivity contribution < 1.29 is 9.21 Å². The molecule has 0 spiro atoms. The van der Waals surface area contributed by atoms with E-state index in [0.29, 0.717) is 5.89 Å². The van der Waals surface area contributed by atoms with Gasteiger partial charge in [-0.3, -0.25) is 4.79 Å². The van der Waals surface area contributed by atoms with Crippen LogP contribution in [-0.4, -0.2) is 15.9 Å². The molecular weight excluding hydrogens is 289 g/mol. The Labute approximate surface area is 119 Å². The van der Waals surface area contributed by atoms with E-state index in [2.05, 4.69) is 15.3 Å². The van der Waals surface area contributed by atoms with Crippen LogP contribution in [0.3, 0.4) is 0 Å². The van der Waals surface area contributed by atoms with Gasteiger partial charge in [0.1, 0.15) is 16.1 Å². The van der Waals surface area contributed by atoms with Crippen molar-refractivity contribution in [3.8, 4) is 0 Å². The van der Waals surface area contributed by atoms with Gasteiger partial charge in [-0.15, -0.1) is 0 Å². The lowest BCUT2D eigenvalue weighted by Gasteiger charge is -2.04. The molecular formula is C12H11Cl2N3O2. The Morgan fingerprint density at radius 3 is 2.63 bits per heavy atom. The van der Waals surface area contributed by atoms with Crippen molar-refractivity contribution in [3.63, 3.8) is 0 Å². The van der Waals surface area contributed by atoms with E-state index in [9.17, 15) is 4.79 Å². The minimum atomic E-state index is -0.359. The van der Waals surface area contributed by atoms with Crippen molar-refractivity contribution in [1.29, 1.82) is 0 Å². The fourth-order valence-corrected chi connectivity index (χ4v) is 1.88. The molecule has 0 radical (unpaired) electrons. The molecule has 5 nitrogen and oxygen atoms in total. The molecule has 0 saturated carbocycles. The molecule has 0 fully saturated rings. The first-order valence-corrected chi connectivity index (χ1v) is 6.26. The number of aromatic nitrogens is 2. The van der Waals surface area contributed by atoms with Gasteiger partial charge in [0.25, 0.3) is 5.91 Å². The van der Waals surface area contributed by atoms with Crippen LogP contribution in [0.2, 0.25) is 10.3 Å². The minimum absolute atomic E-state index is 0.0600. The van der Waals surface area contributed by atoms with Crippen LogP contribution in [0.4, 0.5) is 0 Å². The summed E-state index contributed by atoms with van der Waals surface area (Å²) in [5.41, 5.74) is 1.06. The second-order valence-corrected chi connectivity index (χ2v) is 4.65. The quantitative estimate of drug-likeness (QED) is 0.885. The highest BCUT2D eigenvalue weighted by Crippen LogP contribution is 2.16. The van der Waals surface area contributed by atoms with Crippen LogP contribution in [0.1, 0.15) is 27.7 Å². The van der Waals surface area contributed by atoms with Crippen LogP contribution < -0.4 is 5.32 Å². The average Bonchev–Trinajstić information content (AvgIpc) is 2.66. The molecule has 1 amide bonds. The van der Waals surface area contributed by atoms with Gasteiger partial charge in [-0.2, -0.15) is 0 Å². The van der Waals surface area contributed by atoms with Gasteiger partial charge in [-0.1, -0.05) is 23.2 Å². The molecule has 0 atom stereocenters. The van der Waals surface area contributed by atoms with Crippen LogP contribution in [0.5, 0.6) is 0 Å². The van der Waals surface area contributed by atoms with Gasteiger partial charge >= 0.3 is 0 Å². The van der Waals surface area contributed by atoms with E-state index in [0.717, 1.165) is 11.5 Å². The Bertz CT molecular complexity index is 606. The van der Waals surface area contributed by atoms with E-state index >= 15 is 0 Å². The smallest absolute Gasteiger partial charge is 0.254 e. The molecule has 0 aliphatic heterocycles. The Balaban J connectivity index is 2.05. The van der Waals surface area contributed by atoms with Crippen LogP contribution >= 0.6 is 23.2 Å². The number of oxazole rings is 1. The number of aryl methyl sites for hydroxylation is 2. The molecule has 0 saturated heterocycles. The highest BCUT2D eigenvalue weighted by atomic mass is 35.5. The van der Waals surface area contributed by atoms with Gasteiger partial charge in [0.2, 0.25) is 5.89 Å². The maximum absolute atomic E-state index is 11.9.